The number of hydrogen-bond donors (Lipinski definition) is 3. The molecule has 32 heavy (non-hydrogen) atoms. The highest BCUT2D eigenvalue weighted by Crippen LogP contribution is 2.45. The standard InChI is InChI=1S/C25H26N2O5/c28-21(26-15-24(22(29)30)10-5-11-24)25(12-13-25)27-23(31)32-14-20-18-8-3-1-6-16(18)17-7-2-4-9-19(17)20/h1-4,6-9,20H,5,10-15H2,(H,26,28)(H,27,31)(H,29,30). The number of rotatable bonds is 7. The fourth-order valence-electron chi connectivity index (χ4n) is 4.85. The zero-order chi connectivity index (χ0) is 22.3. The summed E-state index contributed by atoms with van der Waals surface area (Å²) in [5.74, 6) is -1.26. The van der Waals surface area contributed by atoms with Gasteiger partial charge < -0.3 is 20.5 Å². The minimum Gasteiger partial charge on any atom is -0.481 e. The van der Waals surface area contributed by atoms with Gasteiger partial charge in [-0.2, -0.15) is 0 Å². The third kappa shape index (κ3) is 3.42. The van der Waals surface area contributed by atoms with Crippen LogP contribution in [0.15, 0.2) is 48.5 Å². The first-order valence-electron chi connectivity index (χ1n) is 11.1. The van der Waals surface area contributed by atoms with Gasteiger partial charge in [-0.3, -0.25) is 9.59 Å². The fourth-order valence-corrected chi connectivity index (χ4v) is 4.85. The molecule has 0 heterocycles. The van der Waals surface area contributed by atoms with Gasteiger partial charge in [-0.25, -0.2) is 4.79 Å². The molecule has 0 aliphatic heterocycles. The zero-order valence-corrected chi connectivity index (χ0v) is 17.7. The minimum absolute atomic E-state index is 0.0498. The summed E-state index contributed by atoms with van der Waals surface area (Å²) in [7, 11) is 0. The van der Waals surface area contributed by atoms with Crippen molar-refractivity contribution < 1.29 is 24.2 Å². The van der Waals surface area contributed by atoms with E-state index in [1.807, 2.05) is 24.3 Å². The Morgan fingerprint density at radius 2 is 1.53 bits per heavy atom. The molecule has 0 aromatic heterocycles. The number of ether oxygens (including phenoxy) is 1. The minimum atomic E-state index is -0.994. The van der Waals surface area contributed by atoms with Crippen LogP contribution in [0.2, 0.25) is 0 Å². The summed E-state index contributed by atoms with van der Waals surface area (Å²) in [6.07, 6.45) is 2.39. The lowest BCUT2D eigenvalue weighted by Gasteiger charge is -2.37. The number of nitrogens with one attached hydrogen (secondary N) is 2. The van der Waals surface area contributed by atoms with E-state index < -0.39 is 23.0 Å². The molecule has 2 aromatic rings. The number of carbonyl (C=O) groups excluding carboxylic acids is 2. The largest absolute Gasteiger partial charge is 0.481 e. The Kier molecular flexibility index (Phi) is 4.92. The molecular weight excluding hydrogens is 408 g/mol. The molecule has 0 saturated heterocycles. The molecule has 2 amide bonds. The number of alkyl carbamates (subject to hydrolysis) is 1. The monoisotopic (exact) mass is 434 g/mol. The van der Waals surface area contributed by atoms with Crippen LogP contribution in [0.1, 0.15) is 49.1 Å². The van der Waals surface area contributed by atoms with Gasteiger partial charge in [0.2, 0.25) is 5.91 Å². The van der Waals surface area contributed by atoms with E-state index >= 15 is 0 Å². The SMILES string of the molecule is O=C(NC1(C(=O)NCC2(C(=O)O)CCC2)CC1)OCC1c2ccccc2-c2ccccc21. The van der Waals surface area contributed by atoms with Gasteiger partial charge in [-0.05, 0) is 47.9 Å². The Labute approximate surface area is 186 Å². The van der Waals surface area contributed by atoms with Gasteiger partial charge in [0.05, 0.1) is 5.41 Å². The fraction of sp³-hybridized carbons (Fsp3) is 0.400. The van der Waals surface area contributed by atoms with E-state index in [0.717, 1.165) is 28.7 Å². The molecule has 0 radical (unpaired) electrons. The Bertz CT molecular complexity index is 1040. The Balaban J connectivity index is 1.19. The van der Waals surface area contributed by atoms with Crippen LogP contribution in [0.4, 0.5) is 4.79 Å². The van der Waals surface area contributed by atoms with Gasteiger partial charge >= 0.3 is 12.1 Å². The molecule has 3 N–H and O–H groups in total. The molecule has 7 heteroatoms. The number of carboxylic acid groups (broad SMARTS) is 1. The van der Waals surface area contributed by atoms with Crippen LogP contribution >= 0.6 is 0 Å². The summed E-state index contributed by atoms with van der Waals surface area (Å²) in [5.41, 5.74) is 2.69. The molecule has 0 atom stereocenters. The predicted octanol–water partition coefficient (Wildman–Crippen LogP) is 3.43. The van der Waals surface area contributed by atoms with Crippen molar-refractivity contribution in [2.75, 3.05) is 13.2 Å². The average molecular weight is 434 g/mol. The van der Waals surface area contributed by atoms with Crippen LogP contribution in [-0.2, 0) is 14.3 Å². The van der Waals surface area contributed by atoms with Crippen molar-refractivity contribution in [3.8, 4) is 11.1 Å². The molecule has 166 valence electrons. The first-order valence-corrected chi connectivity index (χ1v) is 11.1. The molecule has 2 aromatic carbocycles. The van der Waals surface area contributed by atoms with E-state index in [1.165, 1.54) is 0 Å². The van der Waals surface area contributed by atoms with Crippen molar-refractivity contribution in [1.29, 1.82) is 0 Å². The van der Waals surface area contributed by atoms with Crippen molar-refractivity contribution in [3.63, 3.8) is 0 Å². The predicted molar refractivity (Wildman–Crippen MR) is 117 cm³/mol. The molecule has 2 saturated carbocycles. The molecule has 3 aliphatic rings. The first kappa shape index (κ1) is 20.5. The van der Waals surface area contributed by atoms with Crippen molar-refractivity contribution >= 4 is 18.0 Å². The lowest BCUT2D eigenvalue weighted by atomic mass is 9.69. The van der Waals surface area contributed by atoms with E-state index in [0.29, 0.717) is 25.7 Å². The van der Waals surface area contributed by atoms with Crippen LogP contribution in [-0.4, -0.2) is 41.8 Å². The lowest BCUT2D eigenvalue weighted by Crippen LogP contribution is -2.54. The van der Waals surface area contributed by atoms with Crippen LogP contribution in [0.5, 0.6) is 0 Å². The summed E-state index contributed by atoms with van der Waals surface area (Å²) in [5, 5.41) is 14.9. The molecule has 0 spiro atoms. The number of carbonyl (C=O) groups is 3. The summed E-state index contributed by atoms with van der Waals surface area (Å²) in [6.45, 7) is 0.273. The smallest absolute Gasteiger partial charge is 0.408 e. The van der Waals surface area contributed by atoms with E-state index in [4.69, 9.17) is 4.74 Å². The molecule has 7 nitrogen and oxygen atoms in total. The van der Waals surface area contributed by atoms with Gasteiger partial charge in [-0.15, -0.1) is 0 Å². The van der Waals surface area contributed by atoms with E-state index in [1.54, 1.807) is 0 Å². The van der Waals surface area contributed by atoms with Gasteiger partial charge in [0.15, 0.2) is 0 Å². The Hall–Kier alpha value is -3.35. The van der Waals surface area contributed by atoms with Crippen molar-refractivity contribution in [2.24, 2.45) is 5.41 Å². The van der Waals surface area contributed by atoms with E-state index in [9.17, 15) is 19.5 Å². The van der Waals surface area contributed by atoms with Gasteiger partial charge in [0, 0.05) is 12.5 Å². The zero-order valence-electron chi connectivity index (χ0n) is 17.7. The van der Waals surface area contributed by atoms with Crippen molar-refractivity contribution in [2.45, 2.75) is 43.6 Å². The maximum atomic E-state index is 12.7. The third-order valence-corrected chi connectivity index (χ3v) is 7.22. The van der Waals surface area contributed by atoms with Crippen LogP contribution in [0, 0.1) is 5.41 Å². The number of amides is 2. The molecule has 2 fully saturated rings. The molecule has 0 bridgehead atoms. The van der Waals surface area contributed by atoms with Crippen LogP contribution < -0.4 is 10.6 Å². The van der Waals surface area contributed by atoms with Crippen LogP contribution in [0.25, 0.3) is 11.1 Å². The Morgan fingerprint density at radius 3 is 2.03 bits per heavy atom. The second kappa shape index (κ2) is 7.65. The quantitative estimate of drug-likeness (QED) is 0.619. The number of fused-ring (bicyclic) bond motifs is 3. The number of hydrogen-bond acceptors (Lipinski definition) is 4. The first-order chi connectivity index (χ1) is 15.4. The Morgan fingerprint density at radius 1 is 0.938 bits per heavy atom. The lowest BCUT2D eigenvalue weighted by molar-refractivity contribution is -0.154. The highest BCUT2D eigenvalue weighted by atomic mass is 16.5. The maximum Gasteiger partial charge on any atom is 0.408 e. The number of aliphatic carboxylic acids is 1. The molecule has 5 rings (SSSR count). The molecule has 3 aliphatic carbocycles. The van der Waals surface area contributed by atoms with Crippen molar-refractivity contribution in [3.05, 3.63) is 59.7 Å². The van der Waals surface area contributed by atoms with E-state index in [-0.39, 0.29) is 25.0 Å². The van der Waals surface area contributed by atoms with Gasteiger partial charge in [0.25, 0.3) is 0 Å². The number of benzene rings is 2. The van der Waals surface area contributed by atoms with Gasteiger partial charge in [-0.1, -0.05) is 55.0 Å². The van der Waals surface area contributed by atoms with Crippen LogP contribution in [0.3, 0.4) is 0 Å². The normalized spacial score (nSPS) is 19.1. The van der Waals surface area contributed by atoms with E-state index in [2.05, 4.69) is 34.9 Å². The summed E-state index contributed by atoms with van der Waals surface area (Å²) in [4.78, 5) is 36.7. The van der Waals surface area contributed by atoms with Crippen molar-refractivity contribution in [1.82, 2.24) is 10.6 Å². The highest BCUT2D eigenvalue weighted by Gasteiger charge is 2.53. The summed E-state index contributed by atoms with van der Waals surface area (Å²) in [6, 6.07) is 16.2. The second-order valence-corrected chi connectivity index (χ2v) is 9.15. The summed E-state index contributed by atoms with van der Waals surface area (Å²) < 4.78 is 5.56. The summed E-state index contributed by atoms with van der Waals surface area (Å²) >= 11 is 0. The second-order valence-electron chi connectivity index (χ2n) is 9.15. The van der Waals surface area contributed by atoms with Gasteiger partial charge in [0.1, 0.15) is 12.1 Å². The average Bonchev–Trinajstić information content (AvgIpc) is 3.47. The number of carboxylic acids is 1. The highest BCUT2D eigenvalue weighted by molar-refractivity contribution is 5.93. The molecule has 0 unspecified atom stereocenters. The molecular formula is C25H26N2O5. The maximum absolute atomic E-state index is 12.7. The third-order valence-electron chi connectivity index (χ3n) is 7.22. The topological polar surface area (TPSA) is 105 Å².